The van der Waals surface area contributed by atoms with E-state index in [4.69, 9.17) is 0 Å². The van der Waals surface area contributed by atoms with Gasteiger partial charge in [-0.1, -0.05) is 6.07 Å². The Hall–Kier alpha value is -1.26. The molecular weight excluding hydrogens is 214 g/mol. The van der Waals surface area contributed by atoms with Crippen molar-refractivity contribution in [3.63, 3.8) is 0 Å². The summed E-state index contributed by atoms with van der Waals surface area (Å²) in [4.78, 5) is 21.6. The number of hydrogen-bond acceptors (Lipinski definition) is 4. The van der Waals surface area contributed by atoms with Gasteiger partial charge in [-0.15, -0.1) is 0 Å². The number of rotatable bonds is 1. The second-order valence-corrected chi connectivity index (χ2v) is 5.55. The highest BCUT2D eigenvalue weighted by atomic mass is 16.1. The Morgan fingerprint density at radius 2 is 2.06 bits per heavy atom. The van der Waals surface area contributed by atoms with Crippen molar-refractivity contribution in [3.05, 3.63) is 30.1 Å². The fourth-order valence-electron chi connectivity index (χ4n) is 3.81. The predicted molar refractivity (Wildman–Crippen MR) is 62.4 cm³/mol. The molecule has 2 unspecified atom stereocenters. The number of pyridine rings is 1. The summed E-state index contributed by atoms with van der Waals surface area (Å²) < 4.78 is 0. The standard InChI is InChI=1S/C13H15N3O/c17-12-10-5-15-7-13(12,8-16(6-10)9-15)11-2-1-3-14-4-11/h1-4,10H,5-9H2. The monoisotopic (exact) mass is 229 g/mol. The lowest BCUT2D eigenvalue weighted by atomic mass is 9.66. The van der Waals surface area contributed by atoms with Crippen LogP contribution in [0.4, 0.5) is 0 Å². The maximum atomic E-state index is 12.6. The van der Waals surface area contributed by atoms with Gasteiger partial charge in [0.05, 0.1) is 12.1 Å². The van der Waals surface area contributed by atoms with Crippen LogP contribution in [-0.4, -0.2) is 53.4 Å². The summed E-state index contributed by atoms with van der Waals surface area (Å²) in [6.45, 7) is 4.70. The van der Waals surface area contributed by atoms with Gasteiger partial charge in [-0.2, -0.15) is 0 Å². The number of aromatic nitrogens is 1. The molecule has 0 N–H and O–H groups in total. The SMILES string of the molecule is O=C1C2CN3CN(C2)CC1(c1cccnc1)C3. The summed E-state index contributed by atoms with van der Waals surface area (Å²) in [5.41, 5.74) is 0.803. The second-order valence-electron chi connectivity index (χ2n) is 5.55. The molecule has 5 rings (SSSR count). The molecule has 17 heavy (non-hydrogen) atoms. The highest BCUT2D eigenvalue weighted by Crippen LogP contribution is 2.41. The van der Waals surface area contributed by atoms with Crippen LogP contribution < -0.4 is 0 Å². The highest BCUT2D eigenvalue weighted by molar-refractivity contribution is 5.94. The van der Waals surface area contributed by atoms with Crippen LogP contribution in [0.1, 0.15) is 5.56 Å². The first kappa shape index (κ1) is 9.74. The quantitative estimate of drug-likeness (QED) is 0.685. The van der Waals surface area contributed by atoms with Gasteiger partial charge in [0.1, 0.15) is 0 Å². The van der Waals surface area contributed by atoms with Crippen molar-refractivity contribution in [1.29, 1.82) is 0 Å². The first-order valence-electron chi connectivity index (χ1n) is 6.17. The van der Waals surface area contributed by atoms with Crippen LogP contribution in [-0.2, 0) is 10.2 Å². The topological polar surface area (TPSA) is 36.4 Å². The molecular formula is C13H15N3O. The Labute approximate surface area is 100 Å². The minimum atomic E-state index is -0.298. The molecule has 0 saturated carbocycles. The minimum absolute atomic E-state index is 0.214. The smallest absolute Gasteiger partial charge is 0.151 e. The van der Waals surface area contributed by atoms with Gasteiger partial charge in [-0.25, -0.2) is 0 Å². The number of hydrogen-bond donors (Lipinski definition) is 0. The van der Waals surface area contributed by atoms with E-state index in [9.17, 15) is 4.79 Å². The highest BCUT2D eigenvalue weighted by Gasteiger charge is 2.56. The summed E-state index contributed by atoms with van der Waals surface area (Å²) in [6.07, 6.45) is 3.64. The van der Waals surface area contributed by atoms with Gasteiger partial charge in [0.15, 0.2) is 5.78 Å². The molecule has 4 nitrogen and oxygen atoms in total. The van der Waals surface area contributed by atoms with E-state index >= 15 is 0 Å². The first-order chi connectivity index (χ1) is 8.28. The van der Waals surface area contributed by atoms with Crippen LogP contribution in [0.2, 0.25) is 0 Å². The van der Waals surface area contributed by atoms with E-state index in [0.29, 0.717) is 5.78 Å². The molecule has 1 aromatic heterocycles. The predicted octanol–water partition coefficient (Wildman–Crippen LogP) is 0.107. The molecule has 0 amide bonds. The molecule has 0 spiro atoms. The number of carbonyl (C=O) groups is 1. The third-order valence-electron chi connectivity index (χ3n) is 4.40. The van der Waals surface area contributed by atoms with Crippen LogP contribution in [0.25, 0.3) is 0 Å². The van der Waals surface area contributed by atoms with Crippen LogP contribution in [0.5, 0.6) is 0 Å². The van der Waals surface area contributed by atoms with Crippen molar-refractivity contribution in [2.45, 2.75) is 5.41 Å². The summed E-state index contributed by atoms with van der Waals surface area (Å²) in [5.74, 6) is 0.657. The van der Waals surface area contributed by atoms with Gasteiger partial charge in [0, 0.05) is 44.5 Å². The summed E-state index contributed by atoms with van der Waals surface area (Å²) in [7, 11) is 0. The normalized spacial score (nSPS) is 43.1. The zero-order chi connectivity index (χ0) is 11.5. The largest absolute Gasteiger partial charge is 0.298 e. The summed E-state index contributed by atoms with van der Waals surface area (Å²) >= 11 is 0. The first-order valence-corrected chi connectivity index (χ1v) is 6.17. The fourth-order valence-corrected chi connectivity index (χ4v) is 3.81. The van der Waals surface area contributed by atoms with Gasteiger partial charge < -0.3 is 0 Å². The van der Waals surface area contributed by atoms with E-state index in [1.54, 1.807) is 6.20 Å². The Bertz CT molecular complexity index is 459. The van der Waals surface area contributed by atoms with Crippen molar-refractivity contribution < 1.29 is 4.79 Å². The van der Waals surface area contributed by atoms with E-state index in [-0.39, 0.29) is 11.3 Å². The summed E-state index contributed by atoms with van der Waals surface area (Å²) in [6, 6.07) is 3.99. The Morgan fingerprint density at radius 1 is 1.29 bits per heavy atom. The molecule has 4 heteroatoms. The molecule has 4 saturated heterocycles. The maximum absolute atomic E-state index is 12.6. The summed E-state index contributed by atoms with van der Waals surface area (Å²) in [5, 5.41) is 0. The second kappa shape index (κ2) is 3.15. The van der Waals surface area contributed by atoms with E-state index in [2.05, 4.69) is 20.9 Å². The molecule has 4 aliphatic rings. The van der Waals surface area contributed by atoms with Crippen LogP contribution in [0.15, 0.2) is 24.5 Å². The molecule has 4 aliphatic heterocycles. The van der Waals surface area contributed by atoms with Crippen molar-refractivity contribution in [1.82, 2.24) is 14.8 Å². The molecule has 0 aromatic carbocycles. The molecule has 4 bridgehead atoms. The lowest BCUT2D eigenvalue weighted by Gasteiger charge is -2.58. The van der Waals surface area contributed by atoms with Gasteiger partial charge in [0.2, 0.25) is 0 Å². The maximum Gasteiger partial charge on any atom is 0.151 e. The van der Waals surface area contributed by atoms with E-state index in [1.807, 2.05) is 12.3 Å². The van der Waals surface area contributed by atoms with Crippen molar-refractivity contribution in [2.24, 2.45) is 5.92 Å². The third kappa shape index (κ3) is 1.20. The number of piperidine rings is 2. The minimum Gasteiger partial charge on any atom is -0.298 e. The molecule has 5 heterocycles. The van der Waals surface area contributed by atoms with Crippen LogP contribution in [0, 0.1) is 5.92 Å². The van der Waals surface area contributed by atoms with Crippen LogP contribution in [0.3, 0.4) is 0 Å². The van der Waals surface area contributed by atoms with Crippen molar-refractivity contribution >= 4 is 5.78 Å². The van der Waals surface area contributed by atoms with E-state index in [0.717, 1.165) is 38.4 Å². The number of carbonyl (C=O) groups excluding carboxylic acids is 1. The Kier molecular flexibility index (Phi) is 1.80. The molecule has 4 fully saturated rings. The molecule has 88 valence electrons. The Balaban J connectivity index is 1.84. The zero-order valence-electron chi connectivity index (χ0n) is 9.67. The number of ketones is 1. The average Bonchev–Trinajstić information content (AvgIpc) is 2.36. The van der Waals surface area contributed by atoms with Crippen LogP contribution >= 0.6 is 0 Å². The van der Waals surface area contributed by atoms with E-state index < -0.39 is 0 Å². The zero-order valence-corrected chi connectivity index (χ0v) is 9.67. The van der Waals surface area contributed by atoms with Gasteiger partial charge >= 0.3 is 0 Å². The lowest BCUT2D eigenvalue weighted by Crippen LogP contribution is -2.73. The molecule has 0 radical (unpaired) electrons. The third-order valence-corrected chi connectivity index (χ3v) is 4.40. The lowest BCUT2D eigenvalue weighted by molar-refractivity contribution is -0.153. The van der Waals surface area contributed by atoms with Crippen molar-refractivity contribution in [2.75, 3.05) is 32.8 Å². The molecule has 0 aliphatic carbocycles. The fraction of sp³-hybridized carbons (Fsp3) is 0.538. The van der Waals surface area contributed by atoms with Gasteiger partial charge in [-0.3, -0.25) is 19.6 Å². The van der Waals surface area contributed by atoms with E-state index in [1.165, 1.54) is 0 Å². The average molecular weight is 229 g/mol. The van der Waals surface area contributed by atoms with Crippen molar-refractivity contribution in [3.8, 4) is 0 Å². The molecule has 1 aromatic rings. The number of nitrogens with zero attached hydrogens (tertiary/aromatic N) is 3. The van der Waals surface area contributed by atoms with Gasteiger partial charge in [0.25, 0.3) is 0 Å². The number of Topliss-reactive ketones (excluding diaryl/α,β-unsaturated/α-hetero) is 1. The van der Waals surface area contributed by atoms with Gasteiger partial charge in [-0.05, 0) is 11.6 Å². The Morgan fingerprint density at radius 3 is 2.71 bits per heavy atom. The molecule has 2 atom stereocenters.